The molecule has 1 aliphatic heterocycles. The molecule has 1 saturated heterocycles. The van der Waals surface area contributed by atoms with Gasteiger partial charge in [0.1, 0.15) is 5.75 Å². The van der Waals surface area contributed by atoms with Gasteiger partial charge in [-0.1, -0.05) is 29.3 Å². The summed E-state index contributed by atoms with van der Waals surface area (Å²) in [5.74, 6) is 0.943. The average Bonchev–Trinajstić information content (AvgIpc) is 2.65. The van der Waals surface area contributed by atoms with Crippen molar-refractivity contribution in [2.24, 2.45) is 0 Å². The molecule has 1 aromatic carbocycles. The van der Waals surface area contributed by atoms with Crippen LogP contribution in [0, 0.1) is 0 Å². The van der Waals surface area contributed by atoms with E-state index in [1.165, 1.54) is 0 Å². The number of pyridine rings is 1. The van der Waals surface area contributed by atoms with Gasteiger partial charge in [-0.2, -0.15) is 0 Å². The number of benzene rings is 1. The van der Waals surface area contributed by atoms with Gasteiger partial charge in [0.15, 0.2) is 0 Å². The Bertz CT molecular complexity index is 782. The van der Waals surface area contributed by atoms with Crippen LogP contribution in [0.5, 0.6) is 5.75 Å². The Morgan fingerprint density at radius 3 is 2.88 bits per heavy atom. The van der Waals surface area contributed by atoms with Crippen LogP contribution in [-0.2, 0) is 17.6 Å². The minimum Gasteiger partial charge on any atom is -0.496 e. The lowest BCUT2D eigenvalue weighted by Gasteiger charge is -2.36. The summed E-state index contributed by atoms with van der Waals surface area (Å²) in [6.45, 7) is 0.785. The van der Waals surface area contributed by atoms with Crippen molar-refractivity contribution in [2.75, 3.05) is 13.7 Å². The van der Waals surface area contributed by atoms with Gasteiger partial charge in [-0.3, -0.25) is 9.78 Å². The Labute approximate surface area is 164 Å². The molecule has 2 heterocycles. The molecule has 0 spiro atoms. The first-order valence-corrected chi connectivity index (χ1v) is 9.54. The van der Waals surface area contributed by atoms with Crippen LogP contribution in [0.2, 0.25) is 10.0 Å². The third-order valence-corrected chi connectivity index (χ3v) is 5.56. The lowest BCUT2D eigenvalue weighted by molar-refractivity contribution is -0.134. The topological polar surface area (TPSA) is 42.4 Å². The number of methoxy groups -OCH3 is 1. The minimum atomic E-state index is 0.121. The quantitative estimate of drug-likeness (QED) is 0.748. The van der Waals surface area contributed by atoms with E-state index in [1.807, 2.05) is 23.2 Å². The minimum absolute atomic E-state index is 0.121. The fourth-order valence-electron chi connectivity index (χ4n) is 3.49. The lowest BCUT2D eigenvalue weighted by atomic mass is 9.95. The average molecular weight is 393 g/mol. The van der Waals surface area contributed by atoms with Crippen LogP contribution < -0.4 is 4.74 Å². The highest BCUT2D eigenvalue weighted by molar-refractivity contribution is 6.42. The number of carbonyl (C=O) groups excluding carboxylic acids is 1. The SMILES string of the molecule is COc1ccncc1CC1CCCCN1C(=O)Cc1ccc(Cl)c(Cl)c1. The molecule has 0 radical (unpaired) electrons. The van der Waals surface area contributed by atoms with Crippen molar-refractivity contribution in [3.63, 3.8) is 0 Å². The van der Waals surface area contributed by atoms with Crippen molar-refractivity contribution in [1.82, 2.24) is 9.88 Å². The summed E-state index contributed by atoms with van der Waals surface area (Å²) >= 11 is 12.0. The Morgan fingerprint density at radius 1 is 1.27 bits per heavy atom. The fraction of sp³-hybridized carbons (Fsp3) is 0.400. The smallest absolute Gasteiger partial charge is 0.227 e. The molecule has 0 bridgehead atoms. The zero-order valence-corrected chi connectivity index (χ0v) is 16.3. The molecular formula is C20H22Cl2N2O2. The van der Waals surface area contributed by atoms with Gasteiger partial charge in [0.25, 0.3) is 0 Å². The molecule has 1 unspecified atom stereocenters. The summed E-state index contributed by atoms with van der Waals surface area (Å²) in [5, 5.41) is 0.981. The number of aromatic nitrogens is 1. The third kappa shape index (κ3) is 4.49. The summed E-state index contributed by atoms with van der Waals surface area (Å²) in [7, 11) is 1.66. The van der Waals surface area contributed by atoms with Crippen molar-refractivity contribution >= 4 is 29.1 Å². The number of hydrogen-bond acceptors (Lipinski definition) is 3. The molecule has 3 rings (SSSR count). The Balaban J connectivity index is 1.73. The molecule has 1 atom stereocenters. The maximum atomic E-state index is 12.9. The van der Waals surface area contributed by atoms with Crippen LogP contribution in [-0.4, -0.2) is 35.5 Å². The molecule has 138 valence electrons. The highest BCUT2D eigenvalue weighted by atomic mass is 35.5. The Hall–Kier alpha value is -1.78. The number of nitrogens with zero attached hydrogens (tertiary/aromatic N) is 2. The second-order valence-corrected chi connectivity index (χ2v) is 7.37. The number of piperidine rings is 1. The maximum Gasteiger partial charge on any atom is 0.227 e. The first-order chi connectivity index (χ1) is 12.6. The van der Waals surface area contributed by atoms with E-state index >= 15 is 0 Å². The highest BCUT2D eigenvalue weighted by Crippen LogP contribution is 2.27. The molecule has 0 saturated carbocycles. The van der Waals surface area contributed by atoms with Crippen LogP contribution in [0.4, 0.5) is 0 Å². The number of halogens is 2. The van der Waals surface area contributed by atoms with Crippen LogP contribution in [0.1, 0.15) is 30.4 Å². The standard InChI is InChI=1S/C20H22Cl2N2O2/c1-26-19-7-8-23-13-15(19)12-16-4-2-3-9-24(16)20(25)11-14-5-6-17(21)18(22)10-14/h5-8,10,13,16H,2-4,9,11-12H2,1H3. The largest absolute Gasteiger partial charge is 0.496 e. The molecule has 2 aromatic rings. The van der Waals surface area contributed by atoms with E-state index in [4.69, 9.17) is 27.9 Å². The number of likely N-dealkylation sites (tertiary alicyclic amines) is 1. The number of amides is 1. The molecule has 1 amide bonds. The monoisotopic (exact) mass is 392 g/mol. The van der Waals surface area contributed by atoms with Gasteiger partial charge < -0.3 is 9.64 Å². The molecular weight excluding hydrogens is 371 g/mol. The highest BCUT2D eigenvalue weighted by Gasteiger charge is 2.27. The Morgan fingerprint density at radius 2 is 2.12 bits per heavy atom. The van der Waals surface area contributed by atoms with Crippen molar-refractivity contribution in [2.45, 2.75) is 38.1 Å². The van der Waals surface area contributed by atoms with Crippen LogP contribution in [0.25, 0.3) is 0 Å². The van der Waals surface area contributed by atoms with Crippen LogP contribution in [0.15, 0.2) is 36.7 Å². The van der Waals surface area contributed by atoms with Gasteiger partial charge in [-0.05, 0) is 49.4 Å². The summed E-state index contributed by atoms with van der Waals surface area (Å²) < 4.78 is 5.43. The molecule has 1 fully saturated rings. The van der Waals surface area contributed by atoms with E-state index < -0.39 is 0 Å². The third-order valence-electron chi connectivity index (χ3n) is 4.82. The molecule has 6 heteroatoms. The van der Waals surface area contributed by atoms with E-state index in [0.717, 1.165) is 49.1 Å². The maximum absolute atomic E-state index is 12.9. The van der Waals surface area contributed by atoms with Crippen molar-refractivity contribution < 1.29 is 9.53 Å². The summed E-state index contributed by atoms with van der Waals surface area (Å²) in [6.07, 6.45) is 7.79. The van der Waals surface area contributed by atoms with Crippen molar-refractivity contribution in [3.05, 3.63) is 57.8 Å². The second kappa shape index (κ2) is 8.74. The summed E-state index contributed by atoms with van der Waals surface area (Å²) in [6, 6.07) is 7.39. The van der Waals surface area contributed by atoms with E-state index in [1.54, 1.807) is 25.4 Å². The number of carbonyl (C=O) groups is 1. The molecule has 1 aromatic heterocycles. The van der Waals surface area contributed by atoms with E-state index in [2.05, 4.69) is 4.98 Å². The van der Waals surface area contributed by atoms with Gasteiger partial charge in [0.2, 0.25) is 5.91 Å². The summed E-state index contributed by atoms with van der Waals surface area (Å²) in [4.78, 5) is 19.1. The van der Waals surface area contributed by atoms with Gasteiger partial charge in [0.05, 0.1) is 23.6 Å². The van der Waals surface area contributed by atoms with Crippen molar-refractivity contribution in [1.29, 1.82) is 0 Å². The molecule has 26 heavy (non-hydrogen) atoms. The number of hydrogen-bond donors (Lipinski definition) is 0. The lowest BCUT2D eigenvalue weighted by Crippen LogP contribution is -2.45. The molecule has 0 aliphatic carbocycles. The predicted molar refractivity (Wildman–Crippen MR) is 104 cm³/mol. The molecule has 0 N–H and O–H groups in total. The zero-order valence-electron chi connectivity index (χ0n) is 14.8. The van der Waals surface area contributed by atoms with Gasteiger partial charge in [-0.25, -0.2) is 0 Å². The van der Waals surface area contributed by atoms with Crippen molar-refractivity contribution in [3.8, 4) is 5.75 Å². The van der Waals surface area contributed by atoms with E-state index in [-0.39, 0.29) is 11.9 Å². The fourth-order valence-corrected chi connectivity index (χ4v) is 3.81. The summed E-state index contributed by atoms with van der Waals surface area (Å²) in [5.41, 5.74) is 1.92. The second-order valence-electron chi connectivity index (χ2n) is 6.55. The van der Waals surface area contributed by atoms with Gasteiger partial charge >= 0.3 is 0 Å². The number of ether oxygens (including phenoxy) is 1. The van der Waals surface area contributed by atoms with Gasteiger partial charge in [0, 0.05) is 30.5 Å². The van der Waals surface area contributed by atoms with Crippen LogP contribution in [0.3, 0.4) is 0 Å². The first kappa shape index (κ1) is 19.0. The van der Waals surface area contributed by atoms with Crippen LogP contribution >= 0.6 is 23.2 Å². The van der Waals surface area contributed by atoms with E-state index in [9.17, 15) is 4.79 Å². The zero-order chi connectivity index (χ0) is 18.5. The van der Waals surface area contributed by atoms with E-state index in [0.29, 0.717) is 16.5 Å². The molecule has 4 nitrogen and oxygen atoms in total. The predicted octanol–water partition coefficient (Wildman–Crippen LogP) is 4.56. The normalized spacial score (nSPS) is 17.2. The van der Waals surface area contributed by atoms with Gasteiger partial charge in [-0.15, -0.1) is 0 Å². The first-order valence-electron chi connectivity index (χ1n) is 8.78. The molecule has 1 aliphatic rings. The Kier molecular flexibility index (Phi) is 6.38. The number of rotatable bonds is 5.